The zero-order valence-electron chi connectivity index (χ0n) is 14.1. The largest absolute Gasteiger partial charge is 0.478 e. The standard InChI is InChI=1S/C19H16ClN3O2S/c1-2-14-13-9-10-23(12-5-3-11(4-6-12)19(24)25)18(13)22-17(21-14)15-7-8-16(20)26-15/h3-8H,2,9-10H2,1H3,(H,24,25). The Morgan fingerprint density at radius 1 is 1.23 bits per heavy atom. The molecule has 26 heavy (non-hydrogen) atoms. The number of rotatable bonds is 4. The fourth-order valence-corrected chi connectivity index (χ4v) is 4.18. The molecule has 3 aromatic rings. The minimum absolute atomic E-state index is 0.277. The molecule has 0 unspecified atom stereocenters. The van der Waals surface area contributed by atoms with E-state index in [4.69, 9.17) is 26.7 Å². The number of aromatic nitrogens is 2. The Balaban J connectivity index is 1.78. The summed E-state index contributed by atoms with van der Waals surface area (Å²) in [5.41, 5.74) is 3.43. The summed E-state index contributed by atoms with van der Waals surface area (Å²) < 4.78 is 0.711. The predicted octanol–water partition coefficient (Wildman–Crippen LogP) is 4.81. The molecule has 3 heterocycles. The van der Waals surface area contributed by atoms with Crippen LogP contribution in [0.15, 0.2) is 36.4 Å². The number of fused-ring (bicyclic) bond motifs is 1. The van der Waals surface area contributed by atoms with E-state index in [1.165, 1.54) is 16.9 Å². The molecule has 5 nitrogen and oxygen atoms in total. The minimum Gasteiger partial charge on any atom is -0.478 e. The predicted molar refractivity (Wildman–Crippen MR) is 104 cm³/mol. The SMILES string of the molecule is CCc1nc(-c2ccc(Cl)s2)nc2c1CCN2c1ccc(C(=O)O)cc1. The summed E-state index contributed by atoms with van der Waals surface area (Å²) in [5.74, 6) is 0.664. The molecule has 2 aromatic heterocycles. The van der Waals surface area contributed by atoms with Crippen LogP contribution in [0.5, 0.6) is 0 Å². The first-order valence-corrected chi connectivity index (χ1v) is 9.52. The van der Waals surface area contributed by atoms with Crippen molar-refractivity contribution in [3.8, 4) is 10.7 Å². The van der Waals surface area contributed by atoms with Crippen LogP contribution < -0.4 is 4.90 Å². The number of carbonyl (C=O) groups is 1. The van der Waals surface area contributed by atoms with E-state index in [9.17, 15) is 4.79 Å². The molecule has 1 aromatic carbocycles. The highest BCUT2D eigenvalue weighted by molar-refractivity contribution is 7.19. The second kappa shape index (κ2) is 6.70. The number of halogens is 1. The summed E-state index contributed by atoms with van der Waals surface area (Å²) >= 11 is 7.54. The summed E-state index contributed by atoms with van der Waals surface area (Å²) in [5, 5.41) is 9.09. The molecule has 1 N–H and O–H groups in total. The third kappa shape index (κ3) is 2.95. The van der Waals surface area contributed by atoms with Crippen molar-refractivity contribution < 1.29 is 9.90 Å². The number of anilines is 2. The van der Waals surface area contributed by atoms with Crippen LogP contribution in [0.2, 0.25) is 4.34 Å². The van der Waals surface area contributed by atoms with Gasteiger partial charge in [0, 0.05) is 23.5 Å². The Labute approximate surface area is 159 Å². The van der Waals surface area contributed by atoms with E-state index in [2.05, 4.69) is 11.8 Å². The number of hydrogen-bond donors (Lipinski definition) is 1. The Morgan fingerprint density at radius 2 is 2.00 bits per heavy atom. The molecule has 1 aliphatic heterocycles. The fraction of sp³-hybridized carbons (Fsp3) is 0.211. The molecule has 7 heteroatoms. The topological polar surface area (TPSA) is 66.3 Å². The second-order valence-corrected chi connectivity index (χ2v) is 7.72. The van der Waals surface area contributed by atoms with Crippen LogP contribution in [0, 0.1) is 0 Å². The van der Waals surface area contributed by atoms with Crippen molar-refractivity contribution in [2.24, 2.45) is 0 Å². The van der Waals surface area contributed by atoms with E-state index >= 15 is 0 Å². The van der Waals surface area contributed by atoms with Gasteiger partial charge in [0.05, 0.1) is 14.8 Å². The first-order chi connectivity index (χ1) is 12.6. The average Bonchev–Trinajstić information content (AvgIpc) is 3.27. The monoisotopic (exact) mass is 385 g/mol. The Morgan fingerprint density at radius 3 is 2.62 bits per heavy atom. The summed E-state index contributed by atoms with van der Waals surface area (Å²) in [6.45, 7) is 2.90. The molecule has 0 radical (unpaired) electrons. The molecule has 1 aliphatic rings. The van der Waals surface area contributed by atoms with Gasteiger partial charge in [0.25, 0.3) is 0 Å². The van der Waals surface area contributed by atoms with Crippen molar-refractivity contribution in [3.05, 3.63) is 57.6 Å². The second-order valence-electron chi connectivity index (χ2n) is 6.01. The molecule has 0 saturated carbocycles. The molecular weight excluding hydrogens is 370 g/mol. The number of benzene rings is 1. The van der Waals surface area contributed by atoms with E-state index in [-0.39, 0.29) is 5.56 Å². The molecular formula is C19H16ClN3O2S. The fourth-order valence-electron chi connectivity index (χ4n) is 3.20. The van der Waals surface area contributed by atoms with Crippen LogP contribution in [0.1, 0.15) is 28.5 Å². The van der Waals surface area contributed by atoms with E-state index in [1.807, 2.05) is 24.3 Å². The van der Waals surface area contributed by atoms with Crippen molar-refractivity contribution in [1.82, 2.24) is 9.97 Å². The zero-order chi connectivity index (χ0) is 18.3. The quantitative estimate of drug-likeness (QED) is 0.697. The molecule has 0 amide bonds. The van der Waals surface area contributed by atoms with Crippen molar-refractivity contribution in [2.75, 3.05) is 11.4 Å². The van der Waals surface area contributed by atoms with E-state index in [1.54, 1.807) is 12.1 Å². The van der Waals surface area contributed by atoms with Crippen molar-refractivity contribution in [1.29, 1.82) is 0 Å². The lowest BCUT2D eigenvalue weighted by Crippen LogP contribution is -2.15. The molecule has 0 bridgehead atoms. The summed E-state index contributed by atoms with van der Waals surface area (Å²) in [4.78, 5) is 23.7. The number of aromatic carboxylic acids is 1. The van der Waals surface area contributed by atoms with Crippen LogP contribution >= 0.6 is 22.9 Å². The van der Waals surface area contributed by atoms with Gasteiger partial charge in [-0.3, -0.25) is 0 Å². The van der Waals surface area contributed by atoms with Gasteiger partial charge >= 0.3 is 5.97 Å². The summed E-state index contributed by atoms with van der Waals surface area (Å²) in [6.07, 6.45) is 1.72. The van der Waals surface area contributed by atoms with Gasteiger partial charge < -0.3 is 10.0 Å². The van der Waals surface area contributed by atoms with Crippen LogP contribution in [0.3, 0.4) is 0 Å². The molecule has 0 saturated heterocycles. The number of carboxylic acids is 1. The normalized spacial score (nSPS) is 13.1. The first-order valence-electron chi connectivity index (χ1n) is 8.33. The third-order valence-corrected chi connectivity index (χ3v) is 5.69. The molecule has 0 aliphatic carbocycles. The highest BCUT2D eigenvalue weighted by Crippen LogP contribution is 2.37. The lowest BCUT2D eigenvalue weighted by atomic mass is 10.1. The van der Waals surface area contributed by atoms with Crippen LogP contribution in [-0.2, 0) is 12.8 Å². The van der Waals surface area contributed by atoms with E-state index in [0.29, 0.717) is 10.2 Å². The highest BCUT2D eigenvalue weighted by atomic mass is 35.5. The van der Waals surface area contributed by atoms with Gasteiger partial charge in [0.15, 0.2) is 5.82 Å². The van der Waals surface area contributed by atoms with E-state index in [0.717, 1.165) is 41.5 Å². The van der Waals surface area contributed by atoms with Gasteiger partial charge in [0.1, 0.15) is 5.82 Å². The van der Waals surface area contributed by atoms with Gasteiger partial charge in [-0.15, -0.1) is 11.3 Å². The maximum absolute atomic E-state index is 11.1. The minimum atomic E-state index is -0.925. The van der Waals surface area contributed by atoms with Gasteiger partial charge in [-0.1, -0.05) is 18.5 Å². The smallest absolute Gasteiger partial charge is 0.335 e. The first kappa shape index (κ1) is 17.0. The number of hydrogen-bond acceptors (Lipinski definition) is 5. The summed E-state index contributed by atoms with van der Waals surface area (Å²) in [7, 11) is 0. The van der Waals surface area contributed by atoms with Crippen molar-refractivity contribution in [3.63, 3.8) is 0 Å². The van der Waals surface area contributed by atoms with Gasteiger partial charge in [-0.25, -0.2) is 14.8 Å². The number of thiophene rings is 1. The van der Waals surface area contributed by atoms with Crippen LogP contribution in [-0.4, -0.2) is 27.6 Å². The Hall–Kier alpha value is -2.44. The molecule has 0 fully saturated rings. The molecule has 0 atom stereocenters. The number of nitrogens with zero attached hydrogens (tertiary/aromatic N) is 3. The molecule has 4 rings (SSSR count). The maximum Gasteiger partial charge on any atom is 0.335 e. The van der Waals surface area contributed by atoms with Gasteiger partial charge in [-0.2, -0.15) is 0 Å². The Bertz CT molecular complexity index is 985. The molecule has 132 valence electrons. The van der Waals surface area contributed by atoms with Crippen LogP contribution in [0.4, 0.5) is 11.5 Å². The lowest BCUT2D eigenvalue weighted by molar-refractivity contribution is 0.0697. The average molecular weight is 386 g/mol. The maximum atomic E-state index is 11.1. The number of aryl methyl sites for hydroxylation is 1. The van der Waals surface area contributed by atoms with E-state index < -0.39 is 5.97 Å². The van der Waals surface area contributed by atoms with Gasteiger partial charge in [-0.05, 0) is 49.2 Å². The number of carboxylic acid groups (broad SMARTS) is 1. The van der Waals surface area contributed by atoms with Crippen LogP contribution in [0.25, 0.3) is 10.7 Å². The third-order valence-electron chi connectivity index (χ3n) is 4.47. The molecule has 0 spiro atoms. The Kier molecular flexibility index (Phi) is 4.38. The van der Waals surface area contributed by atoms with Crippen molar-refractivity contribution >= 4 is 40.4 Å². The summed E-state index contributed by atoms with van der Waals surface area (Å²) in [6, 6.07) is 10.7. The zero-order valence-corrected chi connectivity index (χ0v) is 15.6. The lowest BCUT2D eigenvalue weighted by Gasteiger charge is -2.19. The van der Waals surface area contributed by atoms with Gasteiger partial charge in [0.2, 0.25) is 0 Å². The highest BCUT2D eigenvalue weighted by Gasteiger charge is 2.26. The van der Waals surface area contributed by atoms with Crippen molar-refractivity contribution in [2.45, 2.75) is 19.8 Å².